The summed E-state index contributed by atoms with van der Waals surface area (Å²) in [6.45, 7) is 0.666. The first kappa shape index (κ1) is 23.1. The van der Waals surface area contributed by atoms with Crippen LogP contribution in [0.15, 0.2) is 36.4 Å². The molecule has 0 radical (unpaired) electrons. The summed E-state index contributed by atoms with van der Waals surface area (Å²) in [5.41, 5.74) is 6.42. The fourth-order valence-electron chi connectivity index (χ4n) is 2.48. The Morgan fingerprint density at radius 3 is 2.11 bits per heavy atom. The molecule has 0 unspecified atom stereocenters. The second-order valence-corrected chi connectivity index (χ2v) is 5.46. The second kappa shape index (κ2) is 11.0. The summed E-state index contributed by atoms with van der Waals surface area (Å²) in [7, 11) is 4.42. The van der Waals surface area contributed by atoms with Gasteiger partial charge in [0.25, 0.3) is 11.8 Å². The lowest BCUT2D eigenvalue weighted by molar-refractivity contribution is 0.0955. The van der Waals surface area contributed by atoms with E-state index in [0.717, 1.165) is 0 Å². The molecule has 0 aliphatic rings. The van der Waals surface area contributed by atoms with Crippen LogP contribution in [0.25, 0.3) is 0 Å². The van der Waals surface area contributed by atoms with Gasteiger partial charge in [-0.1, -0.05) is 12.1 Å². The summed E-state index contributed by atoms with van der Waals surface area (Å²) in [5, 5.41) is 5.42. The van der Waals surface area contributed by atoms with Crippen LogP contribution in [0.4, 0.5) is 5.69 Å². The highest BCUT2D eigenvalue weighted by Crippen LogP contribution is 2.38. The maximum absolute atomic E-state index is 12.7. The van der Waals surface area contributed by atoms with Crippen molar-refractivity contribution in [2.75, 3.05) is 39.7 Å². The molecule has 8 nitrogen and oxygen atoms in total. The minimum atomic E-state index is -0.423. The van der Waals surface area contributed by atoms with Crippen LogP contribution in [0.2, 0.25) is 0 Å². The second-order valence-electron chi connectivity index (χ2n) is 5.46. The number of amides is 2. The van der Waals surface area contributed by atoms with Crippen LogP contribution >= 0.6 is 12.4 Å². The van der Waals surface area contributed by atoms with E-state index in [1.54, 1.807) is 24.3 Å². The maximum Gasteiger partial charge on any atom is 0.255 e. The number of nitrogens with two attached hydrogens (primary N) is 1. The van der Waals surface area contributed by atoms with Gasteiger partial charge >= 0.3 is 0 Å². The van der Waals surface area contributed by atoms with Gasteiger partial charge < -0.3 is 30.6 Å². The highest BCUT2D eigenvalue weighted by molar-refractivity contribution is 6.09. The molecule has 0 aliphatic carbocycles. The zero-order valence-corrected chi connectivity index (χ0v) is 16.7. The third kappa shape index (κ3) is 5.28. The Balaban J connectivity index is 0.00000392. The fraction of sp³-hybridized carbons (Fsp3) is 0.263. The summed E-state index contributed by atoms with van der Waals surface area (Å²) >= 11 is 0. The van der Waals surface area contributed by atoms with Crippen molar-refractivity contribution in [3.8, 4) is 17.2 Å². The quantitative estimate of drug-likeness (QED) is 0.615. The van der Waals surface area contributed by atoms with E-state index in [-0.39, 0.29) is 18.3 Å². The molecule has 9 heteroatoms. The van der Waals surface area contributed by atoms with Crippen molar-refractivity contribution in [2.45, 2.75) is 0 Å². The Morgan fingerprint density at radius 2 is 1.57 bits per heavy atom. The van der Waals surface area contributed by atoms with Gasteiger partial charge in [-0.2, -0.15) is 0 Å². The number of para-hydroxylation sites is 1. The van der Waals surface area contributed by atoms with E-state index in [0.29, 0.717) is 47.2 Å². The monoisotopic (exact) mass is 409 g/mol. The van der Waals surface area contributed by atoms with Gasteiger partial charge in [-0.05, 0) is 24.3 Å². The predicted molar refractivity (Wildman–Crippen MR) is 109 cm³/mol. The number of anilines is 1. The lowest BCUT2D eigenvalue weighted by Gasteiger charge is -2.15. The first-order valence-corrected chi connectivity index (χ1v) is 8.24. The smallest absolute Gasteiger partial charge is 0.255 e. The number of nitrogens with one attached hydrogen (secondary N) is 2. The Kier molecular flexibility index (Phi) is 9.07. The van der Waals surface area contributed by atoms with Crippen LogP contribution in [0, 0.1) is 0 Å². The summed E-state index contributed by atoms with van der Waals surface area (Å²) in [6, 6.07) is 9.78. The highest BCUT2D eigenvalue weighted by Gasteiger charge is 2.19. The molecule has 0 saturated carbocycles. The number of rotatable bonds is 8. The molecule has 28 heavy (non-hydrogen) atoms. The summed E-state index contributed by atoms with van der Waals surface area (Å²) in [6.07, 6.45) is 0. The van der Waals surface area contributed by atoms with E-state index in [2.05, 4.69) is 10.6 Å². The van der Waals surface area contributed by atoms with Gasteiger partial charge in [-0.3, -0.25) is 9.59 Å². The van der Waals surface area contributed by atoms with Crippen molar-refractivity contribution in [3.63, 3.8) is 0 Å². The van der Waals surface area contributed by atoms with Crippen LogP contribution < -0.4 is 30.6 Å². The number of halogens is 1. The van der Waals surface area contributed by atoms with Crippen LogP contribution in [0.3, 0.4) is 0 Å². The summed E-state index contributed by atoms with van der Waals surface area (Å²) in [4.78, 5) is 25.0. The molecule has 0 atom stereocenters. The number of carbonyl (C=O) groups excluding carboxylic acids is 2. The highest BCUT2D eigenvalue weighted by atomic mass is 35.5. The third-order valence-electron chi connectivity index (χ3n) is 3.78. The number of carbonyl (C=O) groups is 2. The Morgan fingerprint density at radius 1 is 0.964 bits per heavy atom. The molecular weight excluding hydrogens is 386 g/mol. The number of benzene rings is 2. The number of hydrogen-bond donors (Lipinski definition) is 3. The van der Waals surface area contributed by atoms with Gasteiger partial charge in [0.1, 0.15) is 0 Å². The first-order valence-electron chi connectivity index (χ1n) is 8.24. The number of ether oxygens (including phenoxy) is 3. The number of methoxy groups -OCH3 is 3. The van der Waals surface area contributed by atoms with E-state index in [1.807, 2.05) is 0 Å². The molecule has 0 saturated heterocycles. The van der Waals surface area contributed by atoms with Crippen LogP contribution in [-0.4, -0.2) is 46.2 Å². The van der Waals surface area contributed by atoms with Gasteiger partial charge in [0.15, 0.2) is 11.5 Å². The van der Waals surface area contributed by atoms with Gasteiger partial charge in [0.2, 0.25) is 5.75 Å². The molecule has 152 valence electrons. The first-order chi connectivity index (χ1) is 13.0. The normalized spacial score (nSPS) is 9.71. The lowest BCUT2D eigenvalue weighted by atomic mass is 10.1. The molecule has 2 aromatic rings. The largest absolute Gasteiger partial charge is 0.493 e. The standard InChI is InChI=1S/C19H23N3O5.ClH/c1-25-15-10-12(11-16(26-2)17(15)27-3)18(23)22-14-7-5-4-6-13(14)19(24)21-9-8-20;/h4-7,10-11H,8-9,20H2,1-3H3,(H,21,24)(H,22,23);1H. The molecule has 0 fully saturated rings. The van der Waals surface area contributed by atoms with Crippen molar-refractivity contribution in [3.05, 3.63) is 47.5 Å². The summed E-state index contributed by atoms with van der Waals surface area (Å²) in [5.74, 6) is 0.361. The van der Waals surface area contributed by atoms with E-state index < -0.39 is 5.91 Å². The molecule has 0 aliphatic heterocycles. The molecule has 0 spiro atoms. The average molecular weight is 410 g/mol. The molecule has 2 amide bonds. The van der Waals surface area contributed by atoms with Crippen molar-refractivity contribution < 1.29 is 23.8 Å². The van der Waals surface area contributed by atoms with Crippen molar-refractivity contribution in [2.24, 2.45) is 5.73 Å². The van der Waals surface area contributed by atoms with E-state index >= 15 is 0 Å². The minimum absolute atomic E-state index is 0. The Labute approximate surface area is 169 Å². The van der Waals surface area contributed by atoms with Gasteiger partial charge in [0.05, 0.1) is 32.6 Å². The predicted octanol–water partition coefficient (Wildman–Crippen LogP) is 2.08. The topological polar surface area (TPSA) is 112 Å². The van der Waals surface area contributed by atoms with Gasteiger partial charge in [-0.25, -0.2) is 0 Å². The number of hydrogen-bond acceptors (Lipinski definition) is 6. The van der Waals surface area contributed by atoms with E-state index in [9.17, 15) is 9.59 Å². The molecule has 0 aromatic heterocycles. The molecular formula is C19H24ClN3O5. The zero-order valence-electron chi connectivity index (χ0n) is 15.9. The molecule has 0 heterocycles. The Hall–Kier alpha value is -2.97. The SMILES string of the molecule is COc1cc(C(=O)Nc2ccccc2C(=O)NCCN)cc(OC)c1OC.Cl. The molecule has 0 bridgehead atoms. The third-order valence-corrected chi connectivity index (χ3v) is 3.78. The maximum atomic E-state index is 12.7. The molecule has 4 N–H and O–H groups in total. The molecule has 2 rings (SSSR count). The van der Waals surface area contributed by atoms with E-state index in [1.165, 1.54) is 33.5 Å². The van der Waals surface area contributed by atoms with Crippen LogP contribution in [0.5, 0.6) is 17.2 Å². The van der Waals surface area contributed by atoms with E-state index in [4.69, 9.17) is 19.9 Å². The van der Waals surface area contributed by atoms with Crippen LogP contribution in [0.1, 0.15) is 20.7 Å². The zero-order chi connectivity index (χ0) is 19.8. The van der Waals surface area contributed by atoms with Crippen molar-refractivity contribution >= 4 is 29.9 Å². The van der Waals surface area contributed by atoms with Crippen molar-refractivity contribution in [1.29, 1.82) is 0 Å². The summed E-state index contributed by atoms with van der Waals surface area (Å²) < 4.78 is 15.8. The van der Waals surface area contributed by atoms with Crippen molar-refractivity contribution in [1.82, 2.24) is 5.32 Å². The fourth-order valence-corrected chi connectivity index (χ4v) is 2.48. The van der Waals surface area contributed by atoms with Gasteiger partial charge in [-0.15, -0.1) is 12.4 Å². The lowest BCUT2D eigenvalue weighted by Crippen LogP contribution is -2.30. The minimum Gasteiger partial charge on any atom is -0.493 e. The Bertz CT molecular complexity index is 804. The van der Waals surface area contributed by atoms with Crippen LogP contribution in [-0.2, 0) is 0 Å². The average Bonchev–Trinajstić information content (AvgIpc) is 2.70. The van der Waals surface area contributed by atoms with Gasteiger partial charge in [0, 0.05) is 18.7 Å². The molecule has 2 aromatic carbocycles.